The predicted octanol–water partition coefficient (Wildman–Crippen LogP) is 3.04. The van der Waals surface area contributed by atoms with Gasteiger partial charge in [-0.2, -0.15) is 0 Å². The van der Waals surface area contributed by atoms with E-state index in [9.17, 15) is 31.9 Å². The number of aryl methyl sites for hydroxylation is 1. The summed E-state index contributed by atoms with van der Waals surface area (Å²) in [7, 11) is -2.01. The maximum Gasteiger partial charge on any atom is 0.410 e. The molecule has 9 nitrogen and oxygen atoms in total. The molecule has 0 saturated carbocycles. The Morgan fingerprint density at radius 1 is 1.12 bits per heavy atom. The lowest BCUT2D eigenvalue weighted by Gasteiger charge is -2.30. The third kappa shape index (κ3) is 9.75. The molecule has 41 heavy (non-hydrogen) atoms. The number of hydrogen-bond acceptors (Lipinski definition) is 7. The number of aliphatic hydroxyl groups excluding tert-OH is 1. The van der Waals surface area contributed by atoms with E-state index < -0.39 is 63.8 Å². The Labute approximate surface area is 240 Å². The fourth-order valence-corrected chi connectivity index (χ4v) is 6.33. The maximum atomic E-state index is 13.9. The van der Waals surface area contributed by atoms with E-state index in [0.717, 1.165) is 40.6 Å². The third-order valence-electron chi connectivity index (χ3n) is 6.64. The van der Waals surface area contributed by atoms with Crippen molar-refractivity contribution in [1.29, 1.82) is 0 Å². The zero-order chi connectivity index (χ0) is 30.5. The first-order chi connectivity index (χ1) is 19.0. The van der Waals surface area contributed by atoms with Crippen LogP contribution in [0, 0.1) is 11.6 Å². The van der Waals surface area contributed by atoms with Crippen LogP contribution in [0.3, 0.4) is 0 Å². The highest BCUT2D eigenvalue weighted by Crippen LogP contribution is 2.29. The minimum atomic E-state index is -3.39. The highest BCUT2D eigenvalue weighted by molar-refractivity contribution is 7.90. The molecule has 3 rings (SSSR count). The average molecular weight is 596 g/mol. The van der Waals surface area contributed by atoms with Crippen molar-refractivity contribution in [3.63, 3.8) is 0 Å². The van der Waals surface area contributed by atoms with Crippen LogP contribution in [0.15, 0.2) is 36.4 Å². The number of aliphatic hydroxyl groups is 1. The number of carbonyl (C=O) groups is 2. The number of sulfone groups is 1. The zero-order valence-corrected chi connectivity index (χ0v) is 24.9. The van der Waals surface area contributed by atoms with Crippen LogP contribution < -0.4 is 10.6 Å². The number of ether oxygens (including phenoxy) is 1. The van der Waals surface area contributed by atoms with Crippen LogP contribution in [0.25, 0.3) is 0 Å². The molecule has 2 aromatic carbocycles. The van der Waals surface area contributed by atoms with Gasteiger partial charge in [0, 0.05) is 25.7 Å². The van der Waals surface area contributed by atoms with Crippen molar-refractivity contribution in [2.24, 2.45) is 0 Å². The molecule has 2 amide bonds. The summed E-state index contributed by atoms with van der Waals surface area (Å²) in [5, 5.41) is 16.9. The van der Waals surface area contributed by atoms with E-state index in [4.69, 9.17) is 4.74 Å². The molecular formula is C29H39F2N3O6S. The van der Waals surface area contributed by atoms with Crippen LogP contribution in [0.4, 0.5) is 13.6 Å². The van der Waals surface area contributed by atoms with E-state index in [1.165, 1.54) is 7.05 Å². The van der Waals surface area contributed by atoms with E-state index in [2.05, 4.69) is 10.6 Å². The summed E-state index contributed by atoms with van der Waals surface area (Å²) >= 11 is 0. The number of nitrogens with zero attached hydrogens (tertiary/aromatic N) is 1. The molecular weight excluding hydrogens is 556 g/mol. The van der Waals surface area contributed by atoms with Gasteiger partial charge in [0.05, 0.1) is 23.7 Å². The molecule has 3 unspecified atom stereocenters. The van der Waals surface area contributed by atoms with Crippen molar-refractivity contribution in [3.05, 3.63) is 70.3 Å². The molecule has 0 fully saturated rings. The summed E-state index contributed by atoms with van der Waals surface area (Å²) in [5.41, 5.74) is 1.99. The van der Waals surface area contributed by atoms with Gasteiger partial charge in [-0.1, -0.05) is 25.1 Å². The largest absolute Gasteiger partial charge is 0.444 e. The molecule has 0 radical (unpaired) electrons. The Balaban J connectivity index is 1.77. The van der Waals surface area contributed by atoms with E-state index in [-0.39, 0.29) is 30.0 Å². The topological polar surface area (TPSA) is 125 Å². The van der Waals surface area contributed by atoms with Crippen LogP contribution in [-0.2, 0) is 38.0 Å². The molecule has 0 aromatic heterocycles. The molecule has 3 N–H and O–H groups in total. The minimum Gasteiger partial charge on any atom is -0.444 e. The second-order valence-electron chi connectivity index (χ2n) is 11.5. The van der Waals surface area contributed by atoms with E-state index in [1.54, 1.807) is 26.8 Å². The third-order valence-corrected chi connectivity index (χ3v) is 8.23. The number of carbonyl (C=O) groups excluding carboxylic acids is 2. The Kier molecular flexibility index (Phi) is 10.5. The summed E-state index contributed by atoms with van der Waals surface area (Å²) in [6, 6.07) is 6.96. The van der Waals surface area contributed by atoms with Crippen LogP contribution in [-0.4, -0.2) is 74.1 Å². The van der Waals surface area contributed by atoms with Gasteiger partial charge in [-0.05, 0) is 68.0 Å². The molecule has 1 aliphatic rings. The standard InChI is InChI=1S/C29H39F2N3O6S/c1-6-18-7-8-20-16-41(38,39)17-25(23(20)11-18)32-14-26(35)24(12-19-9-21(30)13-22(31)10-19)33-27(36)15-34(5)28(37)40-29(2,3)4/h7-11,13,24-26,32,35H,6,12,14-17H2,1-5H3,(H,33,36). The predicted molar refractivity (Wildman–Crippen MR) is 151 cm³/mol. The van der Waals surface area contributed by atoms with Crippen molar-refractivity contribution < 1.29 is 36.6 Å². The summed E-state index contributed by atoms with van der Waals surface area (Å²) in [5.74, 6) is -2.47. The SMILES string of the molecule is CCc1ccc2c(c1)C(NCC(O)C(Cc1cc(F)cc(F)c1)NC(=O)CN(C)C(=O)OC(C)(C)C)CS(=O)(=O)C2. The van der Waals surface area contributed by atoms with Gasteiger partial charge >= 0.3 is 6.09 Å². The fraction of sp³-hybridized carbons (Fsp3) is 0.517. The van der Waals surface area contributed by atoms with E-state index in [0.29, 0.717) is 5.56 Å². The average Bonchev–Trinajstić information content (AvgIpc) is 2.84. The highest BCUT2D eigenvalue weighted by atomic mass is 32.2. The van der Waals surface area contributed by atoms with E-state index in [1.807, 2.05) is 19.1 Å². The lowest BCUT2D eigenvalue weighted by Crippen LogP contribution is -2.52. The van der Waals surface area contributed by atoms with Gasteiger partial charge in [0.1, 0.15) is 23.8 Å². The zero-order valence-electron chi connectivity index (χ0n) is 24.0. The monoisotopic (exact) mass is 595 g/mol. The van der Waals surface area contributed by atoms with Gasteiger partial charge < -0.3 is 25.4 Å². The summed E-state index contributed by atoms with van der Waals surface area (Å²) in [6.07, 6.45) is -1.36. The van der Waals surface area contributed by atoms with Gasteiger partial charge in [0.25, 0.3) is 0 Å². The quantitative estimate of drug-likeness (QED) is 0.386. The molecule has 226 valence electrons. The number of rotatable bonds is 10. The van der Waals surface area contributed by atoms with Gasteiger partial charge in [-0.15, -0.1) is 0 Å². The Bertz CT molecular complexity index is 1340. The summed E-state index contributed by atoms with van der Waals surface area (Å²) in [6.45, 7) is 6.55. The molecule has 2 aromatic rings. The minimum absolute atomic E-state index is 0.0674. The van der Waals surface area contributed by atoms with Crippen LogP contribution >= 0.6 is 0 Å². The Morgan fingerprint density at radius 2 is 1.78 bits per heavy atom. The normalized spacial score (nSPS) is 17.7. The van der Waals surface area contributed by atoms with Gasteiger partial charge in [-0.25, -0.2) is 22.0 Å². The lowest BCUT2D eigenvalue weighted by molar-refractivity contribution is -0.123. The molecule has 0 spiro atoms. The molecule has 0 bridgehead atoms. The first-order valence-corrected chi connectivity index (χ1v) is 15.3. The second-order valence-corrected chi connectivity index (χ2v) is 13.6. The van der Waals surface area contributed by atoms with Crippen LogP contribution in [0.2, 0.25) is 0 Å². The first kappa shape index (κ1) is 32.4. The number of hydrogen-bond donors (Lipinski definition) is 3. The van der Waals surface area contributed by atoms with Crippen molar-refractivity contribution >= 4 is 21.8 Å². The van der Waals surface area contributed by atoms with Crippen LogP contribution in [0.5, 0.6) is 0 Å². The van der Waals surface area contributed by atoms with E-state index >= 15 is 0 Å². The molecule has 3 atom stereocenters. The van der Waals surface area contributed by atoms with Gasteiger partial charge in [-0.3, -0.25) is 4.79 Å². The number of nitrogens with one attached hydrogen (secondary N) is 2. The van der Waals surface area contributed by atoms with Crippen molar-refractivity contribution in [1.82, 2.24) is 15.5 Å². The number of halogens is 2. The van der Waals surface area contributed by atoms with Crippen LogP contribution in [0.1, 0.15) is 56.0 Å². The molecule has 12 heteroatoms. The van der Waals surface area contributed by atoms with Gasteiger partial charge in [0.15, 0.2) is 9.84 Å². The number of benzene rings is 2. The number of likely N-dealkylation sites (N-methyl/N-ethyl adjacent to an activating group) is 1. The van der Waals surface area contributed by atoms with Crippen molar-refractivity contribution in [2.45, 2.75) is 70.1 Å². The first-order valence-electron chi connectivity index (χ1n) is 13.5. The second kappa shape index (κ2) is 13.3. The smallest absolute Gasteiger partial charge is 0.410 e. The van der Waals surface area contributed by atoms with Crippen molar-refractivity contribution in [3.8, 4) is 0 Å². The van der Waals surface area contributed by atoms with Gasteiger partial charge in [0.2, 0.25) is 5.91 Å². The van der Waals surface area contributed by atoms with Crippen molar-refractivity contribution in [2.75, 3.05) is 25.9 Å². The summed E-state index contributed by atoms with van der Waals surface area (Å²) < 4.78 is 58.2. The fourth-order valence-electron chi connectivity index (χ4n) is 4.67. The highest BCUT2D eigenvalue weighted by Gasteiger charge is 2.32. The number of fused-ring (bicyclic) bond motifs is 1. The Hall–Kier alpha value is -3.09. The number of amides is 2. The maximum absolute atomic E-state index is 13.9. The molecule has 0 aliphatic carbocycles. The Morgan fingerprint density at radius 3 is 2.39 bits per heavy atom. The molecule has 1 aliphatic heterocycles. The summed E-state index contributed by atoms with van der Waals surface area (Å²) in [4.78, 5) is 26.2. The molecule has 1 heterocycles. The lowest BCUT2D eigenvalue weighted by atomic mass is 9.97. The molecule has 0 saturated heterocycles.